The van der Waals surface area contributed by atoms with Gasteiger partial charge in [0.25, 0.3) is 0 Å². The van der Waals surface area contributed by atoms with Crippen LogP contribution in [-0.2, 0) is 17.6 Å². The molecule has 1 heterocycles. The number of carbonyl (C=O) groups is 1. The number of rotatable bonds is 4. The molecule has 6 heteroatoms. The number of fused-ring (bicyclic) bond motifs is 3. The van der Waals surface area contributed by atoms with Crippen molar-refractivity contribution in [2.75, 3.05) is 0 Å². The highest BCUT2D eigenvalue weighted by molar-refractivity contribution is 14.1. The van der Waals surface area contributed by atoms with Gasteiger partial charge >= 0.3 is 0 Å². The SMILES string of the molecule is O=C(Cc1ccc(O)cc1)NC1=N[C@]2(I)CCc3ccccc3C2N=C1CC12CC3CC(CC(C3)C1)C2. The average molecular weight is 608 g/mol. The number of carbonyl (C=O) groups excluding carboxylic acids is 1. The van der Waals surface area contributed by atoms with Gasteiger partial charge < -0.3 is 10.4 Å². The molecule has 192 valence electrons. The first-order chi connectivity index (χ1) is 17.9. The van der Waals surface area contributed by atoms with Crippen molar-refractivity contribution in [3.8, 4) is 5.75 Å². The minimum absolute atomic E-state index is 0.000266. The van der Waals surface area contributed by atoms with Crippen molar-refractivity contribution in [3.63, 3.8) is 0 Å². The molecule has 0 saturated heterocycles. The fourth-order valence-corrected chi connectivity index (χ4v) is 9.52. The molecule has 1 aliphatic heterocycles. The number of phenolic OH excluding ortho intramolecular Hbond substituents is 1. The number of alkyl halides is 1. The summed E-state index contributed by atoms with van der Waals surface area (Å²) in [5, 5.41) is 12.8. The fourth-order valence-electron chi connectivity index (χ4n) is 8.53. The molecule has 1 amide bonds. The van der Waals surface area contributed by atoms with Crippen LogP contribution in [0.15, 0.2) is 58.5 Å². The molecule has 5 nitrogen and oxygen atoms in total. The number of amidine groups is 1. The third-order valence-corrected chi connectivity index (χ3v) is 11.0. The van der Waals surface area contributed by atoms with E-state index in [1.54, 1.807) is 24.3 Å². The Morgan fingerprint density at radius 1 is 1.00 bits per heavy atom. The molecule has 8 rings (SSSR count). The Bertz CT molecular complexity index is 1260. The minimum atomic E-state index is -0.377. The Morgan fingerprint density at radius 3 is 2.38 bits per heavy atom. The van der Waals surface area contributed by atoms with E-state index in [4.69, 9.17) is 9.98 Å². The van der Waals surface area contributed by atoms with E-state index in [0.29, 0.717) is 11.3 Å². The molecular formula is C31H34IN3O2. The fraction of sp³-hybridized carbons (Fsp3) is 0.516. The number of aryl methyl sites for hydroxylation is 1. The van der Waals surface area contributed by atoms with Crippen LogP contribution in [0.1, 0.15) is 74.1 Å². The van der Waals surface area contributed by atoms with Gasteiger partial charge in [-0.1, -0.05) is 36.4 Å². The lowest BCUT2D eigenvalue weighted by atomic mass is 9.48. The summed E-state index contributed by atoms with van der Waals surface area (Å²) in [5.74, 6) is 3.46. The van der Waals surface area contributed by atoms with Crippen LogP contribution in [0.5, 0.6) is 5.75 Å². The van der Waals surface area contributed by atoms with Crippen LogP contribution < -0.4 is 5.32 Å². The zero-order chi connectivity index (χ0) is 25.2. The Morgan fingerprint density at radius 2 is 1.68 bits per heavy atom. The van der Waals surface area contributed by atoms with Gasteiger partial charge in [0.15, 0.2) is 5.84 Å². The van der Waals surface area contributed by atoms with E-state index in [0.717, 1.165) is 48.3 Å². The molecule has 2 aromatic carbocycles. The first-order valence-corrected chi connectivity index (χ1v) is 15.0. The topological polar surface area (TPSA) is 74.0 Å². The number of hydrogen-bond donors (Lipinski definition) is 2. The summed E-state index contributed by atoms with van der Waals surface area (Å²) in [6, 6.07) is 15.6. The Balaban J connectivity index is 1.21. The van der Waals surface area contributed by atoms with Crippen LogP contribution in [0.3, 0.4) is 0 Å². The normalized spacial score (nSPS) is 35.3. The monoisotopic (exact) mass is 607 g/mol. The van der Waals surface area contributed by atoms with Crippen molar-refractivity contribution in [2.45, 2.75) is 73.8 Å². The van der Waals surface area contributed by atoms with E-state index >= 15 is 0 Å². The van der Waals surface area contributed by atoms with Gasteiger partial charge in [-0.05, 0) is 132 Å². The number of aliphatic imine (C=N–C) groups is 2. The molecule has 1 unspecified atom stereocenters. The van der Waals surface area contributed by atoms with E-state index in [1.165, 1.54) is 49.7 Å². The molecule has 2 N–H and O–H groups in total. The van der Waals surface area contributed by atoms with Crippen LogP contribution >= 0.6 is 22.6 Å². The zero-order valence-corrected chi connectivity index (χ0v) is 23.3. The van der Waals surface area contributed by atoms with Gasteiger partial charge in [0.2, 0.25) is 5.91 Å². The molecule has 4 fully saturated rings. The largest absolute Gasteiger partial charge is 0.508 e. The maximum Gasteiger partial charge on any atom is 0.229 e. The summed E-state index contributed by atoms with van der Waals surface area (Å²) < 4.78 is -0.377. The number of aromatic hydroxyl groups is 1. The molecular weight excluding hydrogens is 573 g/mol. The lowest BCUT2D eigenvalue weighted by molar-refractivity contribution is -0.119. The van der Waals surface area contributed by atoms with Gasteiger partial charge in [-0.25, -0.2) is 4.99 Å². The smallest absolute Gasteiger partial charge is 0.229 e. The van der Waals surface area contributed by atoms with E-state index in [2.05, 4.69) is 52.2 Å². The summed E-state index contributed by atoms with van der Waals surface area (Å²) in [5.41, 5.74) is 4.88. The average Bonchev–Trinajstić information content (AvgIpc) is 2.85. The third-order valence-electron chi connectivity index (χ3n) is 9.64. The molecule has 2 atom stereocenters. The van der Waals surface area contributed by atoms with Crippen LogP contribution in [0.4, 0.5) is 0 Å². The quantitative estimate of drug-likeness (QED) is 0.242. The predicted molar refractivity (Wildman–Crippen MR) is 154 cm³/mol. The Labute approximate surface area is 232 Å². The van der Waals surface area contributed by atoms with Gasteiger partial charge in [-0.3, -0.25) is 9.79 Å². The first kappa shape index (κ1) is 23.9. The second-order valence-corrected chi connectivity index (χ2v) is 14.3. The van der Waals surface area contributed by atoms with E-state index in [9.17, 15) is 9.90 Å². The van der Waals surface area contributed by atoms with E-state index in [1.807, 2.05) is 0 Å². The molecule has 0 radical (unpaired) electrons. The van der Waals surface area contributed by atoms with Gasteiger partial charge in [-0.2, -0.15) is 0 Å². The van der Waals surface area contributed by atoms with Crippen molar-refractivity contribution >= 4 is 40.0 Å². The maximum absolute atomic E-state index is 13.2. The Hall–Kier alpha value is -2.22. The van der Waals surface area contributed by atoms with Gasteiger partial charge in [-0.15, -0.1) is 0 Å². The summed E-state index contributed by atoms with van der Waals surface area (Å²) in [7, 11) is 0. The molecule has 37 heavy (non-hydrogen) atoms. The number of benzene rings is 2. The first-order valence-electron chi connectivity index (χ1n) is 13.9. The lowest BCUT2D eigenvalue weighted by Crippen LogP contribution is -2.50. The summed E-state index contributed by atoms with van der Waals surface area (Å²) >= 11 is 2.50. The predicted octanol–water partition coefficient (Wildman–Crippen LogP) is 6.33. The number of halogens is 1. The highest BCUT2D eigenvalue weighted by Gasteiger charge is 2.52. The lowest BCUT2D eigenvalue weighted by Gasteiger charge is -2.57. The number of phenols is 1. The molecule has 2 aromatic rings. The Kier molecular flexibility index (Phi) is 5.76. The number of hydrogen-bond acceptors (Lipinski definition) is 4. The summed E-state index contributed by atoms with van der Waals surface area (Å²) in [6.45, 7) is 0. The molecule has 4 bridgehead atoms. The highest BCUT2D eigenvalue weighted by Crippen LogP contribution is 2.62. The molecule has 6 aliphatic rings. The van der Waals surface area contributed by atoms with Gasteiger partial charge in [0.05, 0.1) is 12.1 Å². The van der Waals surface area contributed by atoms with Crippen LogP contribution in [-0.4, -0.2) is 26.1 Å². The van der Waals surface area contributed by atoms with Gasteiger partial charge in [0.1, 0.15) is 15.3 Å². The number of nitrogens with zero attached hydrogens (tertiary/aromatic N) is 2. The summed E-state index contributed by atoms with van der Waals surface area (Å²) in [4.78, 5) is 24.0. The van der Waals surface area contributed by atoms with Crippen molar-refractivity contribution in [1.29, 1.82) is 0 Å². The van der Waals surface area contributed by atoms with Crippen molar-refractivity contribution < 1.29 is 9.90 Å². The van der Waals surface area contributed by atoms with Crippen LogP contribution in [0.2, 0.25) is 0 Å². The van der Waals surface area contributed by atoms with E-state index in [-0.39, 0.29) is 27.7 Å². The van der Waals surface area contributed by atoms with Crippen molar-refractivity contribution in [1.82, 2.24) is 5.32 Å². The van der Waals surface area contributed by atoms with Crippen LogP contribution in [0.25, 0.3) is 0 Å². The molecule has 0 aromatic heterocycles. The third kappa shape index (κ3) is 4.43. The van der Waals surface area contributed by atoms with E-state index < -0.39 is 0 Å². The standard InChI is InChI=1S/C31H34IN3O2/c32-31-10-9-23-3-1-2-4-25(23)28(31)33-26(18-30-15-20-11-21(16-30)13-22(12-20)17-30)29(35-31)34-27(37)14-19-5-7-24(36)8-6-19/h1-8,20-22,28,36H,9-18H2,(H,34,35,37)/t20?,21?,22?,28?,30?,31-/m1/s1. The number of amides is 1. The summed E-state index contributed by atoms with van der Waals surface area (Å²) in [6.07, 6.45) is 11.3. The van der Waals surface area contributed by atoms with Crippen LogP contribution in [0, 0.1) is 23.2 Å². The molecule has 4 saturated carbocycles. The molecule has 5 aliphatic carbocycles. The van der Waals surface area contributed by atoms with Crippen molar-refractivity contribution in [2.24, 2.45) is 33.2 Å². The van der Waals surface area contributed by atoms with Crippen molar-refractivity contribution in [3.05, 3.63) is 65.2 Å². The molecule has 0 spiro atoms. The zero-order valence-electron chi connectivity index (χ0n) is 21.1. The van der Waals surface area contributed by atoms with Gasteiger partial charge in [0, 0.05) is 0 Å². The second kappa shape index (κ2) is 8.92. The highest BCUT2D eigenvalue weighted by atomic mass is 127. The number of nitrogens with one attached hydrogen (secondary N) is 1. The second-order valence-electron chi connectivity index (χ2n) is 12.4. The minimum Gasteiger partial charge on any atom is -0.508 e. The maximum atomic E-state index is 13.2.